The van der Waals surface area contributed by atoms with Crippen molar-refractivity contribution < 1.29 is 9.53 Å². The van der Waals surface area contributed by atoms with Gasteiger partial charge in [-0.15, -0.1) is 11.3 Å². The molecule has 1 aromatic heterocycles. The largest absolute Gasteiger partial charge is 0.460 e. The molecule has 0 saturated heterocycles. The third-order valence-electron chi connectivity index (χ3n) is 2.60. The number of carbonyl (C=O) groups excluding carboxylic acids is 1. The average Bonchev–Trinajstić information content (AvgIpc) is 2.84. The average molecular weight is 211 g/mol. The van der Waals surface area contributed by atoms with Crippen LogP contribution in [0.1, 0.15) is 17.7 Å². The summed E-state index contributed by atoms with van der Waals surface area (Å²) in [6.07, 6.45) is 1.76. The molecule has 0 amide bonds. The third kappa shape index (κ3) is 1.81. The molecule has 0 aromatic carbocycles. The second-order valence-corrected chi connectivity index (χ2v) is 4.67. The lowest BCUT2D eigenvalue weighted by atomic mass is 10.1. The van der Waals surface area contributed by atoms with Crippen molar-refractivity contribution in [1.82, 2.24) is 0 Å². The molecule has 1 aliphatic carbocycles. The fraction of sp³-hybridized carbons (Fsp3) is 0.500. The zero-order valence-electron chi connectivity index (χ0n) is 7.86. The van der Waals surface area contributed by atoms with Gasteiger partial charge in [-0.2, -0.15) is 0 Å². The number of thiophene rings is 1. The van der Waals surface area contributed by atoms with Crippen LogP contribution in [0.4, 0.5) is 0 Å². The van der Waals surface area contributed by atoms with Crippen LogP contribution < -0.4 is 5.73 Å². The summed E-state index contributed by atoms with van der Waals surface area (Å²) in [4.78, 5) is 12.6. The molecule has 0 aliphatic heterocycles. The summed E-state index contributed by atoms with van der Waals surface area (Å²) in [7, 11) is 0. The second-order valence-electron chi connectivity index (χ2n) is 3.64. The number of ether oxygens (including phenoxy) is 1. The molecule has 1 saturated carbocycles. The van der Waals surface area contributed by atoms with Gasteiger partial charge in [-0.05, 0) is 24.3 Å². The smallest absolute Gasteiger partial charge is 0.313 e. The summed E-state index contributed by atoms with van der Waals surface area (Å²) in [5.74, 6) is -0.131. The number of hydrogen-bond acceptors (Lipinski definition) is 4. The lowest BCUT2D eigenvalue weighted by Crippen LogP contribution is -2.27. The molecule has 0 bridgehead atoms. The molecule has 76 valence electrons. The monoisotopic (exact) mass is 211 g/mol. The predicted molar refractivity (Wildman–Crippen MR) is 54.8 cm³/mol. The maximum atomic E-state index is 11.6. The molecular formula is C10H13NO2S. The number of rotatable bonds is 4. The Morgan fingerprint density at radius 3 is 2.93 bits per heavy atom. The molecule has 3 nitrogen and oxygen atoms in total. The van der Waals surface area contributed by atoms with Gasteiger partial charge in [-0.1, -0.05) is 6.07 Å². The van der Waals surface area contributed by atoms with E-state index < -0.39 is 0 Å². The minimum atomic E-state index is -0.336. The Morgan fingerprint density at radius 1 is 1.64 bits per heavy atom. The van der Waals surface area contributed by atoms with Crippen molar-refractivity contribution in [2.75, 3.05) is 6.54 Å². The SMILES string of the molecule is NCC1(C(=O)OCc2cccs2)CC1. The van der Waals surface area contributed by atoms with Crippen LogP contribution in [0.15, 0.2) is 17.5 Å². The summed E-state index contributed by atoms with van der Waals surface area (Å²) in [6.45, 7) is 0.800. The third-order valence-corrected chi connectivity index (χ3v) is 3.45. The van der Waals surface area contributed by atoms with Crippen LogP contribution in [-0.2, 0) is 16.1 Å². The van der Waals surface area contributed by atoms with E-state index >= 15 is 0 Å². The van der Waals surface area contributed by atoms with E-state index in [9.17, 15) is 4.79 Å². The molecule has 2 rings (SSSR count). The van der Waals surface area contributed by atoms with Gasteiger partial charge < -0.3 is 10.5 Å². The minimum Gasteiger partial charge on any atom is -0.460 e. The van der Waals surface area contributed by atoms with Gasteiger partial charge >= 0.3 is 5.97 Å². The van der Waals surface area contributed by atoms with Crippen molar-refractivity contribution in [2.24, 2.45) is 11.1 Å². The van der Waals surface area contributed by atoms with Crippen LogP contribution in [-0.4, -0.2) is 12.5 Å². The maximum absolute atomic E-state index is 11.6. The zero-order valence-corrected chi connectivity index (χ0v) is 8.68. The topological polar surface area (TPSA) is 52.3 Å². The molecule has 1 heterocycles. The van der Waals surface area contributed by atoms with Gasteiger partial charge in [0.05, 0.1) is 5.41 Å². The summed E-state index contributed by atoms with van der Waals surface area (Å²) in [5.41, 5.74) is 5.18. The van der Waals surface area contributed by atoms with Gasteiger partial charge in [0.25, 0.3) is 0 Å². The Bertz CT molecular complexity index is 317. The molecule has 1 fully saturated rings. The van der Waals surface area contributed by atoms with E-state index in [0.717, 1.165) is 17.7 Å². The fourth-order valence-corrected chi connectivity index (χ4v) is 1.94. The quantitative estimate of drug-likeness (QED) is 0.768. The summed E-state index contributed by atoms with van der Waals surface area (Å²) in [5, 5.41) is 1.97. The number of hydrogen-bond donors (Lipinski definition) is 1. The molecule has 1 aliphatic rings. The molecule has 1 aromatic rings. The highest BCUT2D eigenvalue weighted by molar-refractivity contribution is 7.09. The number of esters is 1. The molecule has 0 spiro atoms. The van der Waals surface area contributed by atoms with Crippen molar-refractivity contribution in [3.8, 4) is 0 Å². The van der Waals surface area contributed by atoms with E-state index in [1.807, 2.05) is 17.5 Å². The molecular weight excluding hydrogens is 198 g/mol. The first-order chi connectivity index (χ1) is 6.77. The van der Waals surface area contributed by atoms with E-state index in [0.29, 0.717) is 13.2 Å². The van der Waals surface area contributed by atoms with Gasteiger partial charge in [0, 0.05) is 11.4 Å². The zero-order chi connectivity index (χ0) is 10.0. The van der Waals surface area contributed by atoms with Gasteiger partial charge in [-0.3, -0.25) is 4.79 Å². The first kappa shape index (κ1) is 9.68. The van der Waals surface area contributed by atoms with Crippen LogP contribution >= 0.6 is 11.3 Å². The normalized spacial score (nSPS) is 17.8. The van der Waals surface area contributed by atoms with Gasteiger partial charge in [-0.25, -0.2) is 0 Å². The molecule has 0 atom stereocenters. The molecule has 4 heteroatoms. The van der Waals surface area contributed by atoms with E-state index in [4.69, 9.17) is 10.5 Å². The predicted octanol–water partition coefficient (Wildman–Crippen LogP) is 1.53. The number of nitrogens with two attached hydrogens (primary N) is 1. The lowest BCUT2D eigenvalue weighted by Gasteiger charge is -2.10. The van der Waals surface area contributed by atoms with Crippen LogP contribution in [0.2, 0.25) is 0 Å². The molecule has 0 radical (unpaired) electrons. The van der Waals surface area contributed by atoms with Crippen molar-refractivity contribution in [3.05, 3.63) is 22.4 Å². The van der Waals surface area contributed by atoms with Crippen molar-refractivity contribution in [3.63, 3.8) is 0 Å². The Balaban J connectivity index is 1.84. The van der Waals surface area contributed by atoms with Crippen LogP contribution in [0, 0.1) is 5.41 Å². The van der Waals surface area contributed by atoms with Crippen LogP contribution in [0.25, 0.3) is 0 Å². The van der Waals surface area contributed by atoms with E-state index in [1.165, 1.54) is 0 Å². The first-order valence-electron chi connectivity index (χ1n) is 4.66. The Kier molecular flexibility index (Phi) is 2.56. The van der Waals surface area contributed by atoms with Crippen molar-refractivity contribution >= 4 is 17.3 Å². The van der Waals surface area contributed by atoms with Crippen LogP contribution in [0.5, 0.6) is 0 Å². The van der Waals surface area contributed by atoms with Gasteiger partial charge in [0.1, 0.15) is 6.61 Å². The Labute approximate surface area is 86.9 Å². The fourth-order valence-electron chi connectivity index (χ4n) is 1.33. The number of carbonyl (C=O) groups is 1. The van der Waals surface area contributed by atoms with E-state index in [2.05, 4.69) is 0 Å². The summed E-state index contributed by atoms with van der Waals surface area (Å²) >= 11 is 1.60. The highest BCUT2D eigenvalue weighted by Crippen LogP contribution is 2.45. The minimum absolute atomic E-state index is 0.131. The van der Waals surface area contributed by atoms with E-state index in [-0.39, 0.29) is 11.4 Å². The highest BCUT2D eigenvalue weighted by Gasteiger charge is 2.50. The maximum Gasteiger partial charge on any atom is 0.313 e. The van der Waals surface area contributed by atoms with Gasteiger partial charge in [0.15, 0.2) is 0 Å². The van der Waals surface area contributed by atoms with Gasteiger partial charge in [0.2, 0.25) is 0 Å². The van der Waals surface area contributed by atoms with Crippen molar-refractivity contribution in [2.45, 2.75) is 19.4 Å². The highest BCUT2D eigenvalue weighted by atomic mass is 32.1. The summed E-state index contributed by atoms with van der Waals surface area (Å²) < 4.78 is 5.20. The summed E-state index contributed by atoms with van der Waals surface area (Å²) in [6, 6.07) is 3.91. The first-order valence-corrected chi connectivity index (χ1v) is 5.54. The molecule has 0 unspecified atom stereocenters. The Morgan fingerprint density at radius 2 is 2.43 bits per heavy atom. The van der Waals surface area contributed by atoms with E-state index in [1.54, 1.807) is 11.3 Å². The Hall–Kier alpha value is -0.870. The molecule has 2 N–H and O–H groups in total. The van der Waals surface area contributed by atoms with Crippen molar-refractivity contribution in [1.29, 1.82) is 0 Å². The lowest BCUT2D eigenvalue weighted by molar-refractivity contribution is -0.151. The molecule has 14 heavy (non-hydrogen) atoms. The van der Waals surface area contributed by atoms with Crippen LogP contribution in [0.3, 0.4) is 0 Å². The standard InChI is InChI=1S/C10H13NO2S/c11-7-10(3-4-10)9(12)13-6-8-2-1-5-14-8/h1-2,5H,3-4,6-7,11H2. The second kappa shape index (κ2) is 3.71.